The number of aliphatic hydroxyl groups is 1. The SMILES string of the molecule is CSc1nccc(C(O)c2cccnc2Cl)n1. The lowest BCUT2D eigenvalue weighted by atomic mass is 10.1. The first-order valence-electron chi connectivity index (χ1n) is 4.88. The Bertz CT molecular complexity index is 524. The molecule has 17 heavy (non-hydrogen) atoms. The molecule has 1 atom stereocenters. The number of aromatic nitrogens is 3. The van der Waals surface area contributed by atoms with E-state index in [-0.39, 0.29) is 5.15 Å². The van der Waals surface area contributed by atoms with Crippen LogP contribution in [0.2, 0.25) is 5.15 Å². The molecule has 6 heteroatoms. The summed E-state index contributed by atoms with van der Waals surface area (Å²) in [4.78, 5) is 12.2. The van der Waals surface area contributed by atoms with Gasteiger partial charge in [-0.05, 0) is 18.4 Å². The Balaban J connectivity index is 2.37. The Morgan fingerprint density at radius 3 is 2.82 bits per heavy atom. The largest absolute Gasteiger partial charge is 0.382 e. The summed E-state index contributed by atoms with van der Waals surface area (Å²) in [5.74, 6) is 0. The third-order valence-electron chi connectivity index (χ3n) is 2.20. The summed E-state index contributed by atoms with van der Waals surface area (Å²) >= 11 is 7.34. The van der Waals surface area contributed by atoms with Crippen LogP contribution >= 0.6 is 23.4 Å². The fourth-order valence-corrected chi connectivity index (χ4v) is 1.95. The molecule has 0 radical (unpaired) electrons. The van der Waals surface area contributed by atoms with Gasteiger partial charge >= 0.3 is 0 Å². The van der Waals surface area contributed by atoms with Crippen LogP contribution < -0.4 is 0 Å². The maximum atomic E-state index is 10.2. The van der Waals surface area contributed by atoms with Gasteiger partial charge in [0.2, 0.25) is 0 Å². The maximum Gasteiger partial charge on any atom is 0.187 e. The van der Waals surface area contributed by atoms with Gasteiger partial charge in [0.05, 0.1) is 5.69 Å². The highest BCUT2D eigenvalue weighted by atomic mass is 35.5. The molecular formula is C11H10ClN3OS. The van der Waals surface area contributed by atoms with Crippen LogP contribution in [0.15, 0.2) is 35.7 Å². The van der Waals surface area contributed by atoms with Crippen molar-refractivity contribution in [1.29, 1.82) is 0 Å². The Morgan fingerprint density at radius 2 is 2.12 bits per heavy atom. The maximum absolute atomic E-state index is 10.2. The van der Waals surface area contributed by atoms with E-state index < -0.39 is 6.10 Å². The van der Waals surface area contributed by atoms with Crippen LogP contribution in [0.3, 0.4) is 0 Å². The van der Waals surface area contributed by atoms with Gasteiger partial charge in [0.15, 0.2) is 5.16 Å². The van der Waals surface area contributed by atoms with Crippen LogP contribution in [0.25, 0.3) is 0 Å². The Hall–Kier alpha value is -1.17. The first-order chi connectivity index (χ1) is 8.22. The van der Waals surface area contributed by atoms with Crippen molar-refractivity contribution in [3.63, 3.8) is 0 Å². The smallest absolute Gasteiger partial charge is 0.187 e. The Labute approximate surface area is 108 Å². The quantitative estimate of drug-likeness (QED) is 0.525. The zero-order valence-corrected chi connectivity index (χ0v) is 10.6. The van der Waals surface area contributed by atoms with Gasteiger partial charge in [-0.25, -0.2) is 15.0 Å². The van der Waals surface area contributed by atoms with Crippen LogP contribution in [0, 0.1) is 0 Å². The van der Waals surface area contributed by atoms with E-state index in [1.165, 1.54) is 11.8 Å². The second-order valence-electron chi connectivity index (χ2n) is 3.25. The minimum atomic E-state index is -0.884. The molecular weight excluding hydrogens is 258 g/mol. The molecule has 0 aromatic carbocycles. The molecule has 0 aliphatic heterocycles. The number of rotatable bonds is 3. The molecule has 2 heterocycles. The molecule has 2 aromatic heterocycles. The van der Waals surface area contributed by atoms with E-state index in [4.69, 9.17) is 11.6 Å². The highest BCUT2D eigenvalue weighted by Gasteiger charge is 2.16. The van der Waals surface area contributed by atoms with E-state index in [0.29, 0.717) is 16.4 Å². The number of halogens is 1. The second kappa shape index (κ2) is 5.44. The standard InChI is InChI=1S/C11H10ClN3OS/c1-17-11-14-6-4-8(15-11)9(16)7-3-2-5-13-10(7)12/h2-6,9,16H,1H3. The van der Waals surface area contributed by atoms with Gasteiger partial charge in [0.1, 0.15) is 11.3 Å². The summed E-state index contributed by atoms with van der Waals surface area (Å²) in [5, 5.41) is 11.1. The van der Waals surface area contributed by atoms with Crippen LogP contribution in [-0.2, 0) is 0 Å². The fraction of sp³-hybridized carbons (Fsp3) is 0.182. The van der Waals surface area contributed by atoms with Crippen molar-refractivity contribution in [1.82, 2.24) is 15.0 Å². The number of nitrogens with zero attached hydrogens (tertiary/aromatic N) is 3. The average molecular weight is 268 g/mol. The van der Waals surface area contributed by atoms with Gasteiger partial charge < -0.3 is 5.11 Å². The molecule has 1 unspecified atom stereocenters. The summed E-state index contributed by atoms with van der Waals surface area (Å²) in [6.45, 7) is 0. The van der Waals surface area contributed by atoms with Gasteiger partial charge in [-0.15, -0.1) is 0 Å². The molecule has 88 valence electrons. The summed E-state index contributed by atoms with van der Waals surface area (Å²) < 4.78 is 0. The van der Waals surface area contributed by atoms with Crippen molar-refractivity contribution in [2.45, 2.75) is 11.3 Å². The van der Waals surface area contributed by atoms with E-state index in [2.05, 4.69) is 15.0 Å². The van der Waals surface area contributed by atoms with Gasteiger partial charge in [0.25, 0.3) is 0 Å². The molecule has 0 fully saturated rings. The van der Waals surface area contributed by atoms with Crippen molar-refractivity contribution >= 4 is 23.4 Å². The van der Waals surface area contributed by atoms with Crippen molar-refractivity contribution in [3.8, 4) is 0 Å². The Kier molecular flexibility index (Phi) is 3.93. The monoisotopic (exact) mass is 267 g/mol. The lowest BCUT2D eigenvalue weighted by molar-refractivity contribution is 0.214. The third kappa shape index (κ3) is 2.74. The molecule has 0 bridgehead atoms. The van der Waals surface area contributed by atoms with E-state index in [9.17, 15) is 5.11 Å². The molecule has 0 aliphatic rings. The molecule has 4 nitrogen and oxygen atoms in total. The lowest BCUT2D eigenvalue weighted by Crippen LogP contribution is -2.05. The van der Waals surface area contributed by atoms with Crippen molar-refractivity contribution < 1.29 is 5.11 Å². The molecule has 1 N–H and O–H groups in total. The molecule has 0 spiro atoms. The van der Waals surface area contributed by atoms with Crippen LogP contribution in [0.1, 0.15) is 17.4 Å². The predicted molar refractivity (Wildman–Crippen MR) is 67.1 cm³/mol. The Morgan fingerprint density at radius 1 is 1.29 bits per heavy atom. The van der Waals surface area contributed by atoms with Crippen molar-refractivity contribution in [2.24, 2.45) is 0 Å². The number of thioether (sulfide) groups is 1. The topological polar surface area (TPSA) is 58.9 Å². The normalized spacial score (nSPS) is 12.4. The minimum absolute atomic E-state index is 0.282. The highest BCUT2D eigenvalue weighted by molar-refractivity contribution is 7.98. The zero-order chi connectivity index (χ0) is 12.3. The molecule has 0 aliphatic carbocycles. The van der Waals surface area contributed by atoms with E-state index >= 15 is 0 Å². The number of aliphatic hydroxyl groups excluding tert-OH is 1. The molecule has 0 amide bonds. The molecule has 2 aromatic rings. The zero-order valence-electron chi connectivity index (χ0n) is 9.04. The summed E-state index contributed by atoms with van der Waals surface area (Å²) in [6, 6.07) is 5.11. The molecule has 2 rings (SSSR count). The van der Waals surface area contributed by atoms with Crippen molar-refractivity contribution in [2.75, 3.05) is 6.26 Å². The van der Waals surface area contributed by atoms with Gasteiger partial charge in [0, 0.05) is 18.0 Å². The predicted octanol–water partition coefficient (Wildman–Crippen LogP) is 2.33. The molecule has 0 saturated heterocycles. The van der Waals surface area contributed by atoms with Crippen molar-refractivity contribution in [3.05, 3.63) is 47.0 Å². The number of pyridine rings is 1. The van der Waals surface area contributed by atoms with Crippen LogP contribution in [0.5, 0.6) is 0 Å². The molecule has 0 saturated carbocycles. The lowest BCUT2D eigenvalue weighted by Gasteiger charge is -2.11. The minimum Gasteiger partial charge on any atom is -0.382 e. The average Bonchev–Trinajstić information content (AvgIpc) is 2.38. The number of hydrogen-bond acceptors (Lipinski definition) is 5. The fourth-order valence-electron chi connectivity index (χ4n) is 1.37. The summed E-state index contributed by atoms with van der Waals surface area (Å²) in [7, 11) is 0. The third-order valence-corrected chi connectivity index (χ3v) is 3.08. The first-order valence-corrected chi connectivity index (χ1v) is 6.48. The summed E-state index contributed by atoms with van der Waals surface area (Å²) in [6.07, 6.45) is 4.18. The number of hydrogen-bond donors (Lipinski definition) is 1. The summed E-state index contributed by atoms with van der Waals surface area (Å²) in [5.41, 5.74) is 1.05. The van der Waals surface area contributed by atoms with E-state index in [0.717, 1.165) is 0 Å². The van der Waals surface area contributed by atoms with Gasteiger partial charge in [-0.2, -0.15) is 0 Å². The van der Waals surface area contributed by atoms with E-state index in [1.807, 2.05) is 6.26 Å². The van der Waals surface area contributed by atoms with Crippen LogP contribution in [0.4, 0.5) is 0 Å². The van der Waals surface area contributed by atoms with Gasteiger partial charge in [-0.3, -0.25) is 0 Å². The first kappa shape index (κ1) is 12.3. The highest BCUT2D eigenvalue weighted by Crippen LogP contribution is 2.25. The second-order valence-corrected chi connectivity index (χ2v) is 4.39. The van der Waals surface area contributed by atoms with Gasteiger partial charge in [-0.1, -0.05) is 29.4 Å². The van der Waals surface area contributed by atoms with E-state index in [1.54, 1.807) is 30.6 Å². The van der Waals surface area contributed by atoms with Crippen LogP contribution in [-0.4, -0.2) is 26.3 Å².